The molecule has 3 heterocycles. The molecule has 7 heteroatoms. The lowest BCUT2D eigenvalue weighted by atomic mass is 10.0. The van der Waals surface area contributed by atoms with E-state index in [1.54, 1.807) is 6.07 Å². The van der Waals surface area contributed by atoms with Gasteiger partial charge in [-0.1, -0.05) is 17.8 Å². The van der Waals surface area contributed by atoms with Crippen LogP contribution in [0.5, 0.6) is 0 Å². The Labute approximate surface area is 141 Å². The maximum atomic E-state index is 10.8. The predicted octanol–water partition coefficient (Wildman–Crippen LogP) is 2.26. The molecule has 0 aromatic carbocycles. The van der Waals surface area contributed by atoms with Crippen LogP contribution in [0, 0.1) is 10.1 Å². The average Bonchev–Trinajstić information content (AvgIpc) is 3.00. The molecular formula is C16H26N4O2S. The fraction of sp³-hybridized carbons (Fsp3) is 0.750. The lowest BCUT2D eigenvalue weighted by Crippen LogP contribution is -2.51. The molecule has 6 nitrogen and oxygen atoms in total. The monoisotopic (exact) mass is 338 g/mol. The molecule has 0 aliphatic carbocycles. The van der Waals surface area contributed by atoms with E-state index in [1.165, 1.54) is 43.7 Å². The highest BCUT2D eigenvalue weighted by atomic mass is 32.1. The number of rotatable bonds is 5. The van der Waals surface area contributed by atoms with Crippen LogP contribution in [0.2, 0.25) is 0 Å². The van der Waals surface area contributed by atoms with Gasteiger partial charge in [-0.05, 0) is 32.0 Å². The maximum absolute atomic E-state index is 10.8. The zero-order valence-electron chi connectivity index (χ0n) is 13.8. The van der Waals surface area contributed by atoms with Crippen molar-refractivity contribution in [2.75, 3.05) is 46.3 Å². The van der Waals surface area contributed by atoms with Gasteiger partial charge in [0.2, 0.25) is 0 Å². The van der Waals surface area contributed by atoms with Gasteiger partial charge in [0.05, 0.1) is 4.92 Å². The minimum atomic E-state index is -0.299. The minimum absolute atomic E-state index is 0.249. The molecule has 1 aromatic rings. The van der Waals surface area contributed by atoms with Crippen LogP contribution < -0.4 is 0 Å². The molecule has 1 aromatic heterocycles. The molecule has 0 spiro atoms. The normalized spacial score (nSPS) is 24.8. The van der Waals surface area contributed by atoms with Gasteiger partial charge in [0, 0.05) is 56.8 Å². The number of hydrogen-bond acceptors (Lipinski definition) is 6. The quantitative estimate of drug-likeness (QED) is 0.609. The lowest BCUT2D eigenvalue weighted by Gasteiger charge is -2.40. The summed E-state index contributed by atoms with van der Waals surface area (Å²) in [6.45, 7) is 7.59. The van der Waals surface area contributed by atoms with Crippen molar-refractivity contribution >= 4 is 16.3 Å². The van der Waals surface area contributed by atoms with Crippen LogP contribution in [0.1, 0.15) is 24.8 Å². The highest BCUT2D eigenvalue weighted by molar-refractivity contribution is 7.13. The number of hydrogen-bond donors (Lipinski definition) is 0. The van der Waals surface area contributed by atoms with Gasteiger partial charge in [0.25, 0.3) is 0 Å². The summed E-state index contributed by atoms with van der Waals surface area (Å²) in [5, 5.41) is 12.9. The number of piperidine rings is 1. The van der Waals surface area contributed by atoms with Gasteiger partial charge >= 0.3 is 5.00 Å². The Morgan fingerprint density at radius 1 is 1.22 bits per heavy atom. The van der Waals surface area contributed by atoms with E-state index in [-0.39, 0.29) is 9.92 Å². The number of nitrogens with zero attached hydrogens (tertiary/aromatic N) is 4. The van der Waals surface area contributed by atoms with Gasteiger partial charge in [-0.2, -0.15) is 0 Å². The first-order chi connectivity index (χ1) is 11.1. The van der Waals surface area contributed by atoms with Crippen LogP contribution in [0.15, 0.2) is 11.4 Å². The van der Waals surface area contributed by atoms with E-state index in [0.29, 0.717) is 0 Å². The van der Waals surface area contributed by atoms with Crippen molar-refractivity contribution in [1.82, 2.24) is 14.7 Å². The van der Waals surface area contributed by atoms with Crippen molar-refractivity contribution in [1.29, 1.82) is 0 Å². The van der Waals surface area contributed by atoms with Crippen LogP contribution in [0.4, 0.5) is 5.00 Å². The van der Waals surface area contributed by atoms with Crippen molar-refractivity contribution in [2.45, 2.75) is 31.8 Å². The second kappa shape index (κ2) is 7.70. The summed E-state index contributed by atoms with van der Waals surface area (Å²) in [5.41, 5.74) is 1.07. The Balaban J connectivity index is 1.43. The molecule has 2 fully saturated rings. The van der Waals surface area contributed by atoms with Gasteiger partial charge in [-0.25, -0.2) is 0 Å². The number of nitro groups is 1. The molecule has 1 unspecified atom stereocenters. The van der Waals surface area contributed by atoms with Gasteiger partial charge in [0.15, 0.2) is 0 Å². The Bertz CT molecular complexity index is 528. The summed E-state index contributed by atoms with van der Waals surface area (Å²) in [6.07, 6.45) is 4.04. The molecule has 23 heavy (non-hydrogen) atoms. The number of likely N-dealkylation sites (tertiary alicyclic amines) is 1. The number of piperazine rings is 1. The lowest BCUT2D eigenvalue weighted by molar-refractivity contribution is -0.380. The predicted molar refractivity (Wildman–Crippen MR) is 93.0 cm³/mol. The third-order valence-corrected chi connectivity index (χ3v) is 6.01. The van der Waals surface area contributed by atoms with Gasteiger partial charge < -0.3 is 4.90 Å². The topological polar surface area (TPSA) is 52.9 Å². The van der Waals surface area contributed by atoms with Crippen molar-refractivity contribution in [3.8, 4) is 0 Å². The fourth-order valence-electron chi connectivity index (χ4n) is 3.60. The van der Waals surface area contributed by atoms with Crippen LogP contribution in [0.25, 0.3) is 0 Å². The second-order valence-electron chi connectivity index (χ2n) is 6.76. The Morgan fingerprint density at radius 3 is 2.61 bits per heavy atom. The first-order valence-corrected chi connectivity index (χ1v) is 9.36. The Morgan fingerprint density at radius 2 is 1.96 bits per heavy atom. The third kappa shape index (κ3) is 4.50. The third-order valence-electron chi connectivity index (χ3n) is 5.08. The molecule has 0 radical (unpaired) electrons. The summed E-state index contributed by atoms with van der Waals surface area (Å²) >= 11 is 1.23. The standard InChI is InChI=1S/C16H26N4O2S/c1-17-5-3-2-4-15(17)12-19-8-6-18(7-9-19)11-14-10-16(20(21)22)23-13-14/h10,13,15H,2-9,11-12H2,1H3. The second-order valence-corrected chi connectivity index (χ2v) is 7.65. The zero-order chi connectivity index (χ0) is 16.2. The van der Waals surface area contributed by atoms with E-state index in [4.69, 9.17) is 0 Å². The molecule has 3 rings (SSSR count). The summed E-state index contributed by atoms with van der Waals surface area (Å²) in [5.74, 6) is 0. The molecule has 2 aliphatic heterocycles. The van der Waals surface area contributed by atoms with Gasteiger partial charge in [-0.3, -0.25) is 19.9 Å². The van der Waals surface area contributed by atoms with Crippen molar-refractivity contribution in [3.05, 3.63) is 27.1 Å². The highest BCUT2D eigenvalue weighted by Crippen LogP contribution is 2.24. The minimum Gasteiger partial charge on any atom is -0.302 e. The SMILES string of the molecule is CN1CCCCC1CN1CCN(Cc2csc([N+](=O)[O-])c2)CC1. The average molecular weight is 338 g/mol. The Hall–Kier alpha value is -1.02. The van der Waals surface area contributed by atoms with E-state index in [9.17, 15) is 10.1 Å². The molecular weight excluding hydrogens is 312 g/mol. The molecule has 2 saturated heterocycles. The molecule has 2 aliphatic rings. The van der Waals surface area contributed by atoms with Gasteiger partial charge in [-0.15, -0.1) is 0 Å². The fourth-order valence-corrected chi connectivity index (χ4v) is 4.32. The maximum Gasteiger partial charge on any atom is 0.324 e. The number of thiophene rings is 1. The largest absolute Gasteiger partial charge is 0.324 e. The summed E-state index contributed by atoms with van der Waals surface area (Å²) in [6, 6.07) is 2.43. The molecule has 0 bridgehead atoms. The van der Waals surface area contributed by atoms with E-state index < -0.39 is 0 Å². The molecule has 0 N–H and O–H groups in total. The first-order valence-electron chi connectivity index (χ1n) is 8.48. The van der Waals surface area contributed by atoms with E-state index in [2.05, 4.69) is 21.7 Å². The molecule has 0 amide bonds. The Kier molecular flexibility index (Phi) is 5.63. The van der Waals surface area contributed by atoms with Crippen LogP contribution in [0.3, 0.4) is 0 Å². The van der Waals surface area contributed by atoms with Gasteiger partial charge in [0.1, 0.15) is 0 Å². The molecule has 0 saturated carbocycles. The summed E-state index contributed by atoms with van der Waals surface area (Å²) < 4.78 is 0. The molecule has 1 atom stereocenters. The smallest absolute Gasteiger partial charge is 0.302 e. The summed E-state index contributed by atoms with van der Waals surface area (Å²) in [7, 11) is 2.25. The van der Waals surface area contributed by atoms with Crippen molar-refractivity contribution < 1.29 is 4.92 Å². The zero-order valence-corrected chi connectivity index (χ0v) is 14.6. The summed E-state index contributed by atoms with van der Waals surface area (Å²) in [4.78, 5) is 18.0. The van der Waals surface area contributed by atoms with Crippen LogP contribution in [-0.4, -0.2) is 72.0 Å². The first kappa shape index (κ1) is 16.8. The number of likely N-dealkylation sites (N-methyl/N-ethyl adjacent to an activating group) is 1. The van der Waals surface area contributed by atoms with Crippen LogP contribution >= 0.6 is 11.3 Å². The van der Waals surface area contributed by atoms with Crippen molar-refractivity contribution in [3.63, 3.8) is 0 Å². The van der Waals surface area contributed by atoms with E-state index in [0.717, 1.165) is 44.3 Å². The van der Waals surface area contributed by atoms with E-state index >= 15 is 0 Å². The van der Waals surface area contributed by atoms with Crippen LogP contribution in [-0.2, 0) is 6.54 Å². The molecule has 128 valence electrons. The van der Waals surface area contributed by atoms with Crippen molar-refractivity contribution in [2.24, 2.45) is 0 Å². The van der Waals surface area contributed by atoms with E-state index in [1.807, 2.05) is 5.38 Å². The highest BCUT2D eigenvalue weighted by Gasteiger charge is 2.24.